The maximum Gasteiger partial charge on any atom is 0.118 e. The first kappa shape index (κ1) is 11.4. The zero-order valence-corrected chi connectivity index (χ0v) is 9.90. The van der Waals surface area contributed by atoms with Gasteiger partial charge in [-0.3, -0.25) is 0 Å². The standard InChI is InChI=1S/C13H19NO2/c1-15-11-5-3-10(4-6-11)9-12-13(16-2)7-8-14-12/h3-6,12-14H,7-9H2,1-2H3/t12-,13-/m1/s1. The summed E-state index contributed by atoms with van der Waals surface area (Å²) in [5.41, 5.74) is 1.32. The van der Waals surface area contributed by atoms with Crippen LogP contribution in [0.15, 0.2) is 24.3 Å². The molecule has 0 aliphatic carbocycles. The smallest absolute Gasteiger partial charge is 0.118 e. The lowest BCUT2D eigenvalue weighted by molar-refractivity contribution is 0.0920. The van der Waals surface area contributed by atoms with Crippen molar-refractivity contribution < 1.29 is 9.47 Å². The van der Waals surface area contributed by atoms with Gasteiger partial charge in [-0.15, -0.1) is 0 Å². The molecule has 88 valence electrons. The summed E-state index contributed by atoms with van der Waals surface area (Å²) in [6.45, 7) is 1.05. The van der Waals surface area contributed by atoms with Gasteiger partial charge in [-0.05, 0) is 37.1 Å². The first-order chi connectivity index (χ1) is 7.83. The highest BCUT2D eigenvalue weighted by molar-refractivity contribution is 5.27. The Hall–Kier alpha value is -1.06. The van der Waals surface area contributed by atoms with Crippen LogP contribution in [0.2, 0.25) is 0 Å². The average Bonchev–Trinajstić information content (AvgIpc) is 2.77. The van der Waals surface area contributed by atoms with E-state index in [2.05, 4.69) is 17.4 Å². The van der Waals surface area contributed by atoms with Crippen molar-refractivity contribution in [3.63, 3.8) is 0 Å². The molecule has 1 aromatic carbocycles. The Balaban J connectivity index is 1.97. The summed E-state index contributed by atoms with van der Waals surface area (Å²) in [5.74, 6) is 0.909. The monoisotopic (exact) mass is 221 g/mol. The molecule has 0 amide bonds. The van der Waals surface area contributed by atoms with Crippen LogP contribution in [0.3, 0.4) is 0 Å². The molecule has 2 rings (SSSR count). The Labute approximate surface area is 96.8 Å². The maximum absolute atomic E-state index is 5.45. The highest BCUT2D eigenvalue weighted by Gasteiger charge is 2.26. The second-order valence-electron chi connectivity index (χ2n) is 4.18. The van der Waals surface area contributed by atoms with Crippen molar-refractivity contribution in [3.05, 3.63) is 29.8 Å². The molecule has 0 unspecified atom stereocenters. The van der Waals surface area contributed by atoms with Gasteiger partial charge < -0.3 is 14.8 Å². The molecule has 0 aromatic heterocycles. The number of nitrogens with one attached hydrogen (secondary N) is 1. The van der Waals surface area contributed by atoms with E-state index in [0.717, 1.165) is 25.1 Å². The summed E-state index contributed by atoms with van der Waals surface area (Å²) in [6, 6.07) is 8.69. The van der Waals surface area contributed by atoms with Crippen LogP contribution in [0.5, 0.6) is 5.75 Å². The average molecular weight is 221 g/mol. The molecule has 16 heavy (non-hydrogen) atoms. The number of hydrogen-bond donors (Lipinski definition) is 1. The molecule has 0 saturated carbocycles. The van der Waals surface area contributed by atoms with Crippen LogP contribution in [-0.4, -0.2) is 32.9 Å². The predicted molar refractivity (Wildman–Crippen MR) is 63.9 cm³/mol. The van der Waals surface area contributed by atoms with Gasteiger partial charge in [-0.1, -0.05) is 12.1 Å². The predicted octanol–water partition coefficient (Wildman–Crippen LogP) is 1.61. The van der Waals surface area contributed by atoms with Crippen molar-refractivity contribution in [2.45, 2.75) is 25.0 Å². The van der Waals surface area contributed by atoms with Gasteiger partial charge in [0.25, 0.3) is 0 Å². The Morgan fingerprint density at radius 3 is 2.62 bits per heavy atom. The van der Waals surface area contributed by atoms with E-state index in [9.17, 15) is 0 Å². The molecule has 3 heteroatoms. The van der Waals surface area contributed by atoms with E-state index >= 15 is 0 Å². The van der Waals surface area contributed by atoms with Crippen molar-refractivity contribution >= 4 is 0 Å². The molecule has 0 radical (unpaired) electrons. The minimum atomic E-state index is 0.349. The second kappa shape index (κ2) is 5.32. The second-order valence-corrected chi connectivity index (χ2v) is 4.18. The van der Waals surface area contributed by atoms with Crippen LogP contribution >= 0.6 is 0 Å². The van der Waals surface area contributed by atoms with Crippen LogP contribution < -0.4 is 10.1 Å². The minimum Gasteiger partial charge on any atom is -0.497 e. The van der Waals surface area contributed by atoms with Gasteiger partial charge >= 0.3 is 0 Å². The van der Waals surface area contributed by atoms with Crippen LogP contribution in [0.25, 0.3) is 0 Å². The third-order valence-electron chi connectivity index (χ3n) is 3.20. The van der Waals surface area contributed by atoms with Crippen molar-refractivity contribution in [1.29, 1.82) is 0 Å². The fraction of sp³-hybridized carbons (Fsp3) is 0.538. The van der Waals surface area contributed by atoms with E-state index in [1.165, 1.54) is 5.56 Å². The molecule has 1 heterocycles. The molecule has 1 aliphatic heterocycles. The zero-order valence-electron chi connectivity index (χ0n) is 9.90. The van der Waals surface area contributed by atoms with E-state index in [1.54, 1.807) is 14.2 Å². The van der Waals surface area contributed by atoms with Crippen LogP contribution in [0.4, 0.5) is 0 Å². The van der Waals surface area contributed by atoms with Gasteiger partial charge in [0.05, 0.1) is 13.2 Å². The highest BCUT2D eigenvalue weighted by atomic mass is 16.5. The van der Waals surface area contributed by atoms with E-state index in [1.807, 2.05) is 12.1 Å². The van der Waals surface area contributed by atoms with Gasteiger partial charge in [0.1, 0.15) is 5.75 Å². The Kier molecular flexibility index (Phi) is 3.80. The summed E-state index contributed by atoms with van der Waals surface area (Å²) < 4.78 is 10.6. The normalized spacial score (nSPS) is 24.6. The Morgan fingerprint density at radius 2 is 2.00 bits per heavy atom. The quantitative estimate of drug-likeness (QED) is 0.838. The van der Waals surface area contributed by atoms with E-state index in [4.69, 9.17) is 9.47 Å². The lowest BCUT2D eigenvalue weighted by Gasteiger charge is -2.18. The maximum atomic E-state index is 5.45. The summed E-state index contributed by atoms with van der Waals surface area (Å²) in [6.07, 6.45) is 2.47. The highest BCUT2D eigenvalue weighted by Crippen LogP contribution is 2.17. The molecule has 3 nitrogen and oxygen atoms in total. The van der Waals surface area contributed by atoms with Crippen LogP contribution in [0, 0.1) is 0 Å². The molecule has 2 atom stereocenters. The topological polar surface area (TPSA) is 30.5 Å². The van der Waals surface area contributed by atoms with E-state index in [-0.39, 0.29) is 0 Å². The molecule has 1 N–H and O–H groups in total. The first-order valence-corrected chi connectivity index (χ1v) is 5.72. The fourth-order valence-electron chi connectivity index (χ4n) is 2.24. The number of ether oxygens (including phenoxy) is 2. The number of rotatable bonds is 4. The van der Waals surface area contributed by atoms with Crippen LogP contribution in [-0.2, 0) is 11.2 Å². The Morgan fingerprint density at radius 1 is 1.25 bits per heavy atom. The summed E-state index contributed by atoms with van der Waals surface area (Å²) in [7, 11) is 3.48. The van der Waals surface area contributed by atoms with E-state index in [0.29, 0.717) is 12.1 Å². The third kappa shape index (κ3) is 2.54. The van der Waals surface area contributed by atoms with Crippen molar-refractivity contribution in [1.82, 2.24) is 5.32 Å². The summed E-state index contributed by atoms with van der Waals surface area (Å²) in [4.78, 5) is 0. The van der Waals surface area contributed by atoms with Gasteiger partial charge in [0.2, 0.25) is 0 Å². The van der Waals surface area contributed by atoms with Crippen molar-refractivity contribution in [2.24, 2.45) is 0 Å². The zero-order chi connectivity index (χ0) is 11.4. The minimum absolute atomic E-state index is 0.349. The summed E-state index contributed by atoms with van der Waals surface area (Å²) >= 11 is 0. The van der Waals surface area contributed by atoms with Crippen molar-refractivity contribution in [3.8, 4) is 5.75 Å². The molecule has 0 bridgehead atoms. The number of hydrogen-bond acceptors (Lipinski definition) is 3. The first-order valence-electron chi connectivity index (χ1n) is 5.72. The largest absolute Gasteiger partial charge is 0.497 e. The molecular formula is C13H19NO2. The SMILES string of the molecule is COc1ccc(C[C@H]2NCC[C@H]2OC)cc1. The molecule has 1 saturated heterocycles. The molecule has 1 aliphatic rings. The molecular weight excluding hydrogens is 202 g/mol. The van der Waals surface area contributed by atoms with Crippen molar-refractivity contribution in [2.75, 3.05) is 20.8 Å². The summed E-state index contributed by atoms with van der Waals surface area (Å²) in [5, 5.41) is 3.48. The molecule has 1 fully saturated rings. The van der Waals surface area contributed by atoms with Gasteiger partial charge in [-0.2, -0.15) is 0 Å². The third-order valence-corrected chi connectivity index (χ3v) is 3.20. The lowest BCUT2D eigenvalue weighted by Crippen LogP contribution is -2.33. The van der Waals surface area contributed by atoms with Crippen LogP contribution in [0.1, 0.15) is 12.0 Å². The number of benzene rings is 1. The lowest BCUT2D eigenvalue weighted by atomic mass is 10.0. The fourth-order valence-corrected chi connectivity index (χ4v) is 2.24. The van der Waals surface area contributed by atoms with E-state index < -0.39 is 0 Å². The Bertz CT molecular complexity index is 323. The van der Waals surface area contributed by atoms with Gasteiger partial charge in [0, 0.05) is 13.2 Å². The van der Waals surface area contributed by atoms with Gasteiger partial charge in [-0.25, -0.2) is 0 Å². The molecule has 1 aromatic rings. The molecule has 0 spiro atoms. The number of methoxy groups -OCH3 is 2. The van der Waals surface area contributed by atoms with Gasteiger partial charge in [0.15, 0.2) is 0 Å².